The molecule has 1 aliphatic rings. The largest absolute Gasteiger partial charge is 0.494 e. The van der Waals surface area contributed by atoms with Crippen LogP contribution in [-0.4, -0.2) is 33.9 Å². The lowest BCUT2D eigenvalue weighted by Gasteiger charge is -2.29. The van der Waals surface area contributed by atoms with Gasteiger partial charge in [-0.15, -0.1) is 0 Å². The van der Waals surface area contributed by atoms with Crippen molar-refractivity contribution in [3.05, 3.63) is 47.4 Å². The number of rotatable bonds is 7. The summed E-state index contributed by atoms with van der Waals surface area (Å²) in [5.41, 5.74) is 2.08. The predicted molar refractivity (Wildman–Crippen MR) is 98.0 cm³/mol. The van der Waals surface area contributed by atoms with E-state index in [1.165, 1.54) is 6.33 Å². The fourth-order valence-electron chi connectivity index (χ4n) is 3.02. The van der Waals surface area contributed by atoms with Crippen molar-refractivity contribution >= 4 is 11.9 Å². The van der Waals surface area contributed by atoms with E-state index in [-0.39, 0.29) is 5.97 Å². The Kier molecular flexibility index (Phi) is 5.55. The van der Waals surface area contributed by atoms with Gasteiger partial charge in [-0.3, -0.25) is 0 Å². The SMILES string of the molecule is CCCCOC(=O)C1=C(C)Nc2ncnn2[C@H]1c1ccccc1OCC. The van der Waals surface area contributed by atoms with Gasteiger partial charge >= 0.3 is 5.97 Å². The highest BCUT2D eigenvalue weighted by atomic mass is 16.5. The zero-order valence-corrected chi connectivity index (χ0v) is 15.4. The third kappa shape index (κ3) is 3.42. The average molecular weight is 356 g/mol. The Morgan fingerprint density at radius 1 is 1.31 bits per heavy atom. The van der Waals surface area contributed by atoms with Gasteiger partial charge in [-0.05, 0) is 26.3 Å². The molecule has 0 aliphatic carbocycles. The Hall–Kier alpha value is -2.83. The molecule has 2 heterocycles. The topological polar surface area (TPSA) is 78.3 Å². The number of hydrogen-bond acceptors (Lipinski definition) is 6. The molecule has 0 spiro atoms. The fraction of sp³-hybridized carbons (Fsp3) is 0.421. The summed E-state index contributed by atoms with van der Waals surface area (Å²) in [5.74, 6) is 0.958. The van der Waals surface area contributed by atoms with Crippen LogP contribution in [0.15, 0.2) is 41.9 Å². The van der Waals surface area contributed by atoms with Crippen molar-refractivity contribution in [3.8, 4) is 5.75 Å². The molecule has 0 fully saturated rings. The second kappa shape index (κ2) is 8.03. The van der Waals surface area contributed by atoms with Crippen molar-refractivity contribution in [3.63, 3.8) is 0 Å². The number of para-hydroxylation sites is 1. The number of ether oxygens (including phenoxy) is 2. The van der Waals surface area contributed by atoms with Crippen molar-refractivity contribution in [2.75, 3.05) is 18.5 Å². The molecule has 1 N–H and O–H groups in total. The van der Waals surface area contributed by atoms with Crippen molar-refractivity contribution in [1.82, 2.24) is 14.8 Å². The van der Waals surface area contributed by atoms with E-state index in [0.717, 1.165) is 24.2 Å². The van der Waals surface area contributed by atoms with Gasteiger partial charge in [-0.2, -0.15) is 10.1 Å². The van der Waals surface area contributed by atoms with Crippen LogP contribution in [0.25, 0.3) is 0 Å². The van der Waals surface area contributed by atoms with Gasteiger partial charge in [-0.1, -0.05) is 31.5 Å². The van der Waals surface area contributed by atoms with Crippen molar-refractivity contribution in [2.45, 2.75) is 39.7 Å². The molecule has 0 unspecified atom stereocenters. The molecule has 0 bridgehead atoms. The van der Waals surface area contributed by atoms with Crippen molar-refractivity contribution in [1.29, 1.82) is 0 Å². The number of carbonyl (C=O) groups is 1. The Labute approximate surface area is 153 Å². The van der Waals surface area contributed by atoms with Gasteiger partial charge in [0.05, 0.1) is 18.8 Å². The molecule has 26 heavy (non-hydrogen) atoms. The van der Waals surface area contributed by atoms with E-state index in [1.807, 2.05) is 38.1 Å². The molecule has 1 atom stereocenters. The van der Waals surface area contributed by atoms with E-state index in [1.54, 1.807) is 4.68 Å². The summed E-state index contributed by atoms with van der Waals surface area (Å²) in [6.45, 7) is 6.77. The van der Waals surface area contributed by atoms with Gasteiger partial charge in [0, 0.05) is 11.3 Å². The highest BCUT2D eigenvalue weighted by Gasteiger charge is 2.35. The number of aromatic nitrogens is 3. The van der Waals surface area contributed by atoms with Gasteiger partial charge in [0.1, 0.15) is 18.1 Å². The molecular weight excluding hydrogens is 332 g/mol. The second-order valence-electron chi connectivity index (χ2n) is 6.05. The first-order valence-corrected chi connectivity index (χ1v) is 8.93. The summed E-state index contributed by atoms with van der Waals surface area (Å²) in [6.07, 6.45) is 3.27. The number of benzene rings is 1. The molecule has 1 aromatic carbocycles. The van der Waals surface area contributed by atoms with E-state index >= 15 is 0 Å². The van der Waals surface area contributed by atoms with E-state index in [4.69, 9.17) is 9.47 Å². The molecule has 138 valence electrons. The molecule has 0 radical (unpaired) electrons. The maximum Gasteiger partial charge on any atom is 0.338 e. The number of nitrogens with one attached hydrogen (secondary N) is 1. The number of anilines is 1. The Morgan fingerprint density at radius 2 is 2.12 bits per heavy atom. The lowest BCUT2D eigenvalue weighted by Crippen LogP contribution is -2.30. The van der Waals surface area contributed by atoms with E-state index < -0.39 is 6.04 Å². The van der Waals surface area contributed by atoms with E-state index in [2.05, 4.69) is 22.3 Å². The van der Waals surface area contributed by atoms with E-state index in [0.29, 0.717) is 30.4 Å². The Bertz CT molecular complexity index is 813. The number of unbranched alkanes of at least 4 members (excludes halogenated alkanes) is 1. The second-order valence-corrected chi connectivity index (χ2v) is 6.05. The van der Waals surface area contributed by atoms with Gasteiger partial charge in [0.2, 0.25) is 5.95 Å². The minimum absolute atomic E-state index is 0.346. The number of nitrogens with zero attached hydrogens (tertiary/aromatic N) is 3. The Balaban J connectivity index is 2.05. The molecule has 3 rings (SSSR count). The van der Waals surface area contributed by atoms with Crippen LogP contribution >= 0.6 is 0 Å². The van der Waals surface area contributed by atoms with Crippen molar-refractivity contribution < 1.29 is 14.3 Å². The third-order valence-electron chi connectivity index (χ3n) is 4.26. The summed E-state index contributed by atoms with van der Waals surface area (Å²) in [4.78, 5) is 17.1. The smallest absolute Gasteiger partial charge is 0.338 e. The maximum atomic E-state index is 12.8. The van der Waals surface area contributed by atoms with Crippen molar-refractivity contribution in [2.24, 2.45) is 0 Å². The quantitative estimate of drug-likeness (QED) is 0.606. The van der Waals surface area contributed by atoms with Gasteiger partial charge < -0.3 is 14.8 Å². The molecular formula is C19H24N4O3. The number of esters is 1. The van der Waals surface area contributed by atoms with Crippen LogP contribution in [0.4, 0.5) is 5.95 Å². The van der Waals surface area contributed by atoms with Crippen LogP contribution in [0.2, 0.25) is 0 Å². The minimum atomic E-state index is -0.453. The maximum absolute atomic E-state index is 12.8. The number of allylic oxidation sites excluding steroid dienone is 1. The molecule has 1 aromatic heterocycles. The molecule has 2 aromatic rings. The van der Waals surface area contributed by atoms with Crippen LogP contribution in [-0.2, 0) is 9.53 Å². The first kappa shape index (κ1) is 18.0. The average Bonchev–Trinajstić information content (AvgIpc) is 3.09. The molecule has 0 amide bonds. The molecule has 7 heteroatoms. The summed E-state index contributed by atoms with van der Waals surface area (Å²) in [6, 6.07) is 7.22. The monoisotopic (exact) mass is 356 g/mol. The fourth-order valence-corrected chi connectivity index (χ4v) is 3.02. The number of fused-ring (bicyclic) bond motifs is 1. The highest BCUT2D eigenvalue weighted by molar-refractivity contribution is 5.92. The number of hydrogen-bond donors (Lipinski definition) is 1. The molecule has 0 saturated carbocycles. The minimum Gasteiger partial charge on any atom is -0.494 e. The normalized spacial score (nSPS) is 16.0. The standard InChI is InChI=1S/C19H24N4O3/c1-4-6-11-26-18(24)16-13(3)22-19-20-12-21-23(19)17(16)14-9-7-8-10-15(14)25-5-2/h7-10,12,17H,4-6,11H2,1-3H3,(H,20,21,22)/t17-/m0/s1. The van der Waals surface area contributed by atoms with E-state index in [9.17, 15) is 4.79 Å². The van der Waals surface area contributed by atoms with Gasteiger partial charge in [0.15, 0.2) is 0 Å². The Morgan fingerprint density at radius 3 is 2.88 bits per heavy atom. The lowest BCUT2D eigenvalue weighted by molar-refractivity contribution is -0.139. The molecule has 0 saturated heterocycles. The van der Waals surface area contributed by atoms with Gasteiger partial charge in [0.25, 0.3) is 0 Å². The summed E-state index contributed by atoms with van der Waals surface area (Å²) in [7, 11) is 0. The van der Waals surface area contributed by atoms with Crippen LogP contribution in [0.1, 0.15) is 45.2 Å². The number of carbonyl (C=O) groups excluding carboxylic acids is 1. The highest BCUT2D eigenvalue weighted by Crippen LogP contribution is 2.39. The first-order chi connectivity index (χ1) is 12.7. The lowest BCUT2D eigenvalue weighted by atomic mass is 9.95. The van der Waals surface area contributed by atoms with Gasteiger partial charge in [-0.25, -0.2) is 9.48 Å². The summed E-state index contributed by atoms with van der Waals surface area (Å²) >= 11 is 0. The predicted octanol–water partition coefficient (Wildman–Crippen LogP) is 3.31. The zero-order chi connectivity index (χ0) is 18.5. The van der Waals surface area contributed by atoms with Crippen LogP contribution < -0.4 is 10.1 Å². The van der Waals surface area contributed by atoms with Crippen LogP contribution in [0.5, 0.6) is 5.75 Å². The molecule has 7 nitrogen and oxygen atoms in total. The van der Waals surface area contributed by atoms with Crippen LogP contribution in [0.3, 0.4) is 0 Å². The van der Waals surface area contributed by atoms with Crippen LogP contribution in [0, 0.1) is 0 Å². The molecule has 1 aliphatic heterocycles. The third-order valence-corrected chi connectivity index (χ3v) is 4.26. The first-order valence-electron chi connectivity index (χ1n) is 8.93. The summed E-state index contributed by atoms with van der Waals surface area (Å²) in [5, 5.41) is 7.46. The zero-order valence-electron chi connectivity index (χ0n) is 15.4. The summed E-state index contributed by atoms with van der Waals surface area (Å²) < 4.78 is 13.0.